The molecule has 0 aliphatic carbocycles. The highest BCUT2D eigenvalue weighted by Gasteiger charge is 2.17. The molecule has 1 unspecified atom stereocenters. The van der Waals surface area contributed by atoms with E-state index >= 15 is 0 Å². The molecule has 0 radical (unpaired) electrons. The predicted molar refractivity (Wildman–Crippen MR) is 85.5 cm³/mol. The van der Waals surface area contributed by atoms with Gasteiger partial charge in [-0.05, 0) is 55.3 Å². The Labute approximate surface area is 128 Å². The van der Waals surface area contributed by atoms with Crippen molar-refractivity contribution in [3.63, 3.8) is 0 Å². The van der Waals surface area contributed by atoms with E-state index in [0.29, 0.717) is 5.56 Å². The Morgan fingerprint density at radius 2 is 1.85 bits per heavy atom. The molecule has 2 aromatic carbocycles. The lowest BCUT2D eigenvalue weighted by Crippen LogP contribution is -2.23. The molecule has 0 heterocycles. The molecule has 1 nitrogen and oxygen atoms in total. The van der Waals surface area contributed by atoms with Gasteiger partial charge in [-0.1, -0.05) is 41.1 Å². The number of aryl methyl sites for hydroxylation is 2. The molecule has 1 atom stereocenters. The van der Waals surface area contributed by atoms with E-state index in [2.05, 4.69) is 53.3 Å². The van der Waals surface area contributed by atoms with Gasteiger partial charge in [0.2, 0.25) is 0 Å². The summed E-state index contributed by atoms with van der Waals surface area (Å²) < 4.78 is 15.0. The minimum absolute atomic E-state index is 0.128. The van der Waals surface area contributed by atoms with Crippen LogP contribution in [-0.2, 0) is 0 Å². The summed E-state index contributed by atoms with van der Waals surface area (Å²) in [6.07, 6.45) is 0. The van der Waals surface area contributed by atoms with Gasteiger partial charge in [0.15, 0.2) is 0 Å². The van der Waals surface area contributed by atoms with Gasteiger partial charge < -0.3 is 5.32 Å². The minimum atomic E-state index is -0.183. The van der Waals surface area contributed by atoms with Crippen LogP contribution in [0.15, 0.2) is 40.9 Å². The molecule has 0 amide bonds. The Balaban J connectivity index is 2.49. The standard InChI is InChI=1S/C17H19BrFN/c1-4-20-17(13-6-5-11(2)12(3)9-13)15-10-14(18)7-8-16(15)19/h5-10,17,20H,4H2,1-3H3. The van der Waals surface area contributed by atoms with Crippen LogP contribution in [-0.4, -0.2) is 6.54 Å². The lowest BCUT2D eigenvalue weighted by molar-refractivity contribution is 0.558. The van der Waals surface area contributed by atoms with Crippen LogP contribution in [0.3, 0.4) is 0 Å². The molecule has 3 heteroatoms. The van der Waals surface area contributed by atoms with E-state index in [9.17, 15) is 4.39 Å². The second-order valence-corrected chi connectivity index (χ2v) is 5.92. The van der Waals surface area contributed by atoms with Crippen molar-refractivity contribution in [1.82, 2.24) is 5.32 Å². The van der Waals surface area contributed by atoms with Gasteiger partial charge in [0.1, 0.15) is 5.82 Å². The van der Waals surface area contributed by atoms with Gasteiger partial charge >= 0.3 is 0 Å². The minimum Gasteiger partial charge on any atom is -0.306 e. The van der Waals surface area contributed by atoms with Crippen molar-refractivity contribution in [3.8, 4) is 0 Å². The second kappa shape index (κ2) is 6.51. The summed E-state index contributed by atoms with van der Waals surface area (Å²) in [5.74, 6) is -0.183. The first-order chi connectivity index (χ1) is 9.52. The van der Waals surface area contributed by atoms with E-state index in [1.807, 2.05) is 13.0 Å². The van der Waals surface area contributed by atoms with E-state index < -0.39 is 0 Å². The normalized spacial score (nSPS) is 12.4. The molecule has 1 N–H and O–H groups in total. The van der Waals surface area contributed by atoms with Crippen molar-refractivity contribution in [2.75, 3.05) is 6.54 Å². The predicted octanol–water partition coefficient (Wildman–Crippen LogP) is 4.90. The lowest BCUT2D eigenvalue weighted by atomic mass is 9.95. The van der Waals surface area contributed by atoms with E-state index in [1.165, 1.54) is 17.2 Å². The van der Waals surface area contributed by atoms with Crippen molar-refractivity contribution in [1.29, 1.82) is 0 Å². The van der Waals surface area contributed by atoms with Crippen LogP contribution in [0, 0.1) is 19.7 Å². The van der Waals surface area contributed by atoms with Crippen molar-refractivity contribution in [2.24, 2.45) is 0 Å². The zero-order valence-corrected chi connectivity index (χ0v) is 13.6. The highest BCUT2D eigenvalue weighted by molar-refractivity contribution is 9.10. The van der Waals surface area contributed by atoms with Crippen LogP contribution in [0.25, 0.3) is 0 Å². The molecule has 0 fully saturated rings. The molecule has 0 aliphatic heterocycles. The maximum atomic E-state index is 14.1. The Bertz CT molecular complexity index is 610. The van der Waals surface area contributed by atoms with E-state index in [-0.39, 0.29) is 11.9 Å². The van der Waals surface area contributed by atoms with Crippen LogP contribution in [0.2, 0.25) is 0 Å². The first-order valence-electron chi connectivity index (χ1n) is 6.78. The number of halogens is 2. The maximum Gasteiger partial charge on any atom is 0.128 e. The first kappa shape index (κ1) is 15.2. The van der Waals surface area contributed by atoms with Gasteiger partial charge in [-0.2, -0.15) is 0 Å². The average Bonchev–Trinajstić information content (AvgIpc) is 2.42. The molecule has 2 rings (SSSR count). The van der Waals surface area contributed by atoms with Gasteiger partial charge in [-0.3, -0.25) is 0 Å². The van der Waals surface area contributed by atoms with Gasteiger partial charge in [0.25, 0.3) is 0 Å². The first-order valence-corrected chi connectivity index (χ1v) is 7.57. The molecule has 0 saturated heterocycles. The van der Waals surface area contributed by atoms with E-state index in [1.54, 1.807) is 6.07 Å². The average molecular weight is 336 g/mol. The van der Waals surface area contributed by atoms with Gasteiger partial charge in [0, 0.05) is 10.0 Å². The summed E-state index contributed by atoms with van der Waals surface area (Å²) in [5.41, 5.74) is 4.23. The zero-order chi connectivity index (χ0) is 14.7. The van der Waals surface area contributed by atoms with Crippen LogP contribution < -0.4 is 5.32 Å². The third-order valence-corrected chi connectivity index (χ3v) is 4.03. The van der Waals surface area contributed by atoms with Gasteiger partial charge in [0.05, 0.1) is 6.04 Å². The fourth-order valence-corrected chi connectivity index (χ4v) is 2.67. The van der Waals surface area contributed by atoms with Crippen LogP contribution >= 0.6 is 15.9 Å². The van der Waals surface area contributed by atoms with Crippen molar-refractivity contribution in [3.05, 3.63) is 68.9 Å². The molecule has 0 saturated carbocycles. The largest absolute Gasteiger partial charge is 0.306 e. The molecular formula is C17H19BrFN. The number of hydrogen-bond donors (Lipinski definition) is 1. The van der Waals surface area contributed by atoms with Crippen LogP contribution in [0.5, 0.6) is 0 Å². The Morgan fingerprint density at radius 1 is 1.10 bits per heavy atom. The summed E-state index contributed by atoms with van der Waals surface area (Å²) in [5, 5.41) is 3.37. The molecule has 0 spiro atoms. The fourth-order valence-electron chi connectivity index (χ4n) is 2.29. The van der Waals surface area contributed by atoms with Gasteiger partial charge in [-0.25, -0.2) is 4.39 Å². The van der Waals surface area contributed by atoms with Crippen LogP contribution in [0.4, 0.5) is 4.39 Å². The molecular weight excluding hydrogens is 317 g/mol. The SMILES string of the molecule is CCNC(c1ccc(C)c(C)c1)c1cc(Br)ccc1F. The topological polar surface area (TPSA) is 12.0 Å². The molecule has 0 bridgehead atoms. The Kier molecular flexibility index (Phi) is 4.95. The number of benzene rings is 2. The molecule has 106 valence electrons. The highest BCUT2D eigenvalue weighted by atomic mass is 79.9. The smallest absolute Gasteiger partial charge is 0.128 e. The molecule has 2 aromatic rings. The van der Waals surface area contributed by atoms with Crippen LogP contribution in [0.1, 0.15) is 35.2 Å². The second-order valence-electron chi connectivity index (χ2n) is 5.00. The fraction of sp³-hybridized carbons (Fsp3) is 0.294. The Morgan fingerprint density at radius 3 is 2.50 bits per heavy atom. The third kappa shape index (κ3) is 3.28. The van der Waals surface area contributed by atoms with E-state index in [4.69, 9.17) is 0 Å². The quantitative estimate of drug-likeness (QED) is 0.837. The summed E-state index contributed by atoms with van der Waals surface area (Å²) in [7, 11) is 0. The summed E-state index contributed by atoms with van der Waals surface area (Å²) >= 11 is 3.42. The summed E-state index contributed by atoms with van der Waals surface area (Å²) in [6, 6.07) is 11.2. The number of rotatable bonds is 4. The number of nitrogens with one attached hydrogen (secondary N) is 1. The third-order valence-electron chi connectivity index (χ3n) is 3.54. The van der Waals surface area contributed by atoms with Crippen molar-refractivity contribution < 1.29 is 4.39 Å². The van der Waals surface area contributed by atoms with Crippen molar-refractivity contribution in [2.45, 2.75) is 26.8 Å². The van der Waals surface area contributed by atoms with Crippen molar-refractivity contribution >= 4 is 15.9 Å². The highest BCUT2D eigenvalue weighted by Crippen LogP contribution is 2.28. The lowest BCUT2D eigenvalue weighted by Gasteiger charge is -2.21. The zero-order valence-electron chi connectivity index (χ0n) is 12.0. The monoisotopic (exact) mass is 335 g/mol. The summed E-state index contributed by atoms with van der Waals surface area (Å²) in [4.78, 5) is 0. The molecule has 20 heavy (non-hydrogen) atoms. The Hall–Kier alpha value is -1.19. The number of hydrogen-bond acceptors (Lipinski definition) is 1. The molecule has 0 aliphatic rings. The maximum absolute atomic E-state index is 14.1. The van der Waals surface area contributed by atoms with E-state index in [0.717, 1.165) is 16.6 Å². The molecule has 0 aromatic heterocycles. The summed E-state index contributed by atoms with van der Waals surface area (Å²) in [6.45, 7) is 6.98. The van der Waals surface area contributed by atoms with Gasteiger partial charge in [-0.15, -0.1) is 0 Å².